The number of aliphatic hydroxyl groups is 1. The highest BCUT2D eigenvalue weighted by Gasteiger charge is 2.23. The van der Waals surface area contributed by atoms with Gasteiger partial charge in [-0.3, -0.25) is 0 Å². The summed E-state index contributed by atoms with van der Waals surface area (Å²) in [4.78, 5) is 11.4. The molecule has 0 aliphatic rings. The van der Waals surface area contributed by atoms with Crippen LogP contribution in [0.4, 0.5) is 4.79 Å². The van der Waals surface area contributed by atoms with Crippen LogP contribution in [0.15, 0.2) is 12.7 Å². The van der Waals surface area contributed by atoms with Crippen molar-refractivity contribution in [3.05, 3.63) is 12.7 Å². The van der Waals surface area contributed by atoms with Crippen LogP contribution in [0.1, 0.15) is 27.2 Å². The molecule has 5 heteroatoms. The Hall–Kier alpha value is -1.54. The Morgan fingerprint density at radius 2 is 2.25 bits per heavy atom. The molecule has 0 rings (SSSR count). The highest BCUT2D eigenvalue weighted by molar-refractivity contribution is 5.68. The van der Waals surface area contributed by atoms with E-state index in [1.807, 2.05) is 0 Å². The lowest BCUT2D eigenvalue weighted by molar-refractivity contribution is 0.0460. The summed E-state index contributed by atoms with van der Waals surface area (Å²) in [6.45, 7) is 8.68. The van der Waals surface area contributed by atoms with Gasteiger partial charge in [0.25, 0.3) is 0 Å². The number of nitrogens with zero attached hydrogens (tertiary/aromatic N) is 1. The third-order valence-electron chi connectivity index (χ3n) is 1.64. The lowest BCUT2D eigenvalue weighted by Crippen LogP contribution is -2.44. The predicted molar refractivity (Wildman–Crippen MR) is 59.6 cm³/mol. The number of ether oxygens (including phenoxy) is 1. The average molecular weight is 226 g/mol. The summed E-state index contributed by atoms with van der Waals surface area (Å²) in [5.41, 5.74) is -0.611. The molecular weight excluding hydrogens is 208 g/mol. The fourth-order valence-electron chi connectivity index (χ4n) is 0.995. The van der Waals surface area contributed by atoms with E-state index in [4.69, 9.17) is 10.00 Å². The van der Waals surface area contributed by atoms with E-state index < -0.39 is 23.8 Å². The molecule has 90 valence electrons. The molecule has 2 unspecified atom stereocenters. The molecule has 0 aliphatic heterocycles. The number of hydrogen-bond acceptors (Lipinski definition) is 4. The number of nitriles is 1. The Balaban J connectivity index is 4.36. The summed E-state index contributed by atoms with van der Waals surface area (Å²) in [6.07, 6.45) is -0.115. The molecule has 0 heterocycles. The minimum Gasteiger partial charge on any atom is -0.444 e. The Kier molecular flexibility index (Phi) is 5.54. The van der Waals surface area contributed by atoms with Gasteiger partial charge in [-0.1, -0.05) is 6.08 Å². The number of amides is 1. The second-order valence-electron chi connectivity index (χ2n) is 4.35. The topological polar surface area (TPSA) is 82.3 Å². The van der Waals surface area contributed by atoms with E-state index in [-0.39, 0.29) is 0 Å². The number of hydrogen-bond donors (Lipinski definition) is 2. The summed E-state index contributed by atoms with van der Waals surface area (Å²) in [6, 6.07) is 0.959. The zero-order chi connectivity index (χ0) is 12.8. The van der Waals surface area contributed by atoms with E-state index in [0.717, 1.165) is 0 Å². The van der Waals surface area contributed by atoms with Crippen molar-refractivity contribution in [3.8, 4) is 6.07 Å². The summed E-state index contributed by atoms with van der Waals surface area (Å²) >= 11 is 0. The van der Waals surface area contributed by atoms with Gasteiger partial charge in [0.1, 0.15) is 5.60 Å². The van der Waals surface area contributed by atoms with E-state index in [2.05, 4.69) is 11.9 Å². The number of carbonyl (C=O) groups excluding carboxylic acids is 1. The van der Waals surface area contributed by atoms with Gasteiger partial charge in [0.15, 0.2) is 6.10 Å². The lowest BCUT2D eigenvalue weighted by Gasteiger charge is -2.23. The molecule has 1 amide bonds. The predicted octanol–water partition coefficient (Wildman–Crippen LogP) is 1.34. The molecule has 5 nitrogen and oxygen atoms in total. The smallest absolute Gasteiger partial charge is 0.408 e. The van der Waals surface area contributed by atoms with Crippen molar-refractivity contribution in [1.82, 2.24) is 5.32 Å². The number of carbonyl (C=O) groups is 1. The lowest BCUT2D eigenvalue weighted by atomic mass is 10.1. The summed E-state index contributed by atoms with van der Waals surface area (Å²) < 4.78 is 5.00. The molecule has 0 aromatic carbocycles. The Bertz CT molecular complexity index is 289. The van der Waals surface area contributed by atoms with E-state index >= 15 is 0 Å². The molecule has 16 heavy (non-hydrogen) atoms. The van der Waals surface area contributed by atoms with Crippen LogP contribution in [-0.2, 0) is 4.74 Å². The second-order valence-corrected chi connectivity index (χ2v) is 4.35. The monoisotopic (exact) mass is 226 g/mol. The first-order chi connectivity index (χ1) is 7.30. The molecule has 2 N–H and O–H groups in total. The summed E-state index contributed by atoms with van der Waals surface area (Å²) in [5, 5.41) is 20.3. The van der Waals surface area contributed by atoms with Gasteiger partial charge in [-0.2, -0.15) is 5.26 Å². The number of rotatable bonds is 4. The maximum Gasteiger partial charge on any atom is 0.408 e. The van der Waals surface area contributed by atoms with Crippen LogP contribution in [0.3, 0.4) is 0 Å². The highest BCUT2D eigenvalue weighted by atomic mass is 16.6. The molecule has 0 saturated carbocycles. The van der Waals surface area contributed by atoms with Crippen molar-refractivity contribution in [2.24, 2.45) is 0 Å². The highest BCUT2D eigenvalue weighted by Crippen LogP contribution is 2.08. The van der Waals surface area contributed by atoms with E-state index in [1.54, 1.807) is 26.8 Å². The zero-order valence-electron chi connectivity index (χ0n) is 9.86. The third-order valence-corrected chi connectivity index (χ3v) is 1.64. The number of alkyl carbamates (subject to hydrolysis) is 1. The molecular formula is C11H18N2O3. The van der Waals surface area contributed by atoms with Crippen molar-refractivity contribution in [2.45, 2.75) is 44.9 Å². The van der Waals surface area contributed by atoms with Gasteiger partial charge in [-0.05, 0) is 27.2 Å². The largest absolute Gasteiger partial charge is 0.444 e. The van der Waals surface area contributed by atoms with Crippen LogP contribution < -0.4 is 5.32 Å². The van der Waals surface area contributed by atoms with Crippen LogP contribution in [0.5, 0.6) is 0 Å². The molecule has 0 saturated heterocycles. The van der Waals surface area contributed by atoms with Gasteiger partial charge in [0.2, 0.25) is 0 Å². The van der Waals surface area contributed by atoms with Gasteiger partial charge in [0.05, 0.1) is 12.1 Å². The second kappa shape index (κ2) is 6.13. The fourth-order valence-corrected chi connectivity index (χ4v) is 0.995. The van der Waals surface area contributed by atoms with E-state index in [9.17, 15) is 9.90 Å². The molecule has 0 spiro atoms. The quantitative estimate of drug-likeness (QED) is 0.559. The van der Waals surface area contributed by atoms with Crippen LogP contribution >= 0.6 is 0 Å². The van der Waals surface area contributed by atoms with Gasteiger partial charge in [0, 0.05) is 0 Å². The van der Waals surface area contributed by atoms with Crippen molar-refractivity contribution in [3.63, 3.8) is 0 Å². The molecule has 2 atom stereocenters. The van der Waals surface area contributed by atoms with E-state index in [1.165, 1.54) is 6.08 Å². The van der Waals surface area contributed by atoms with Gasteiger partial charge in [-0.15, -0.1) is 6.58 Å². The average Bonchev–Trinajstić information content (AvgIpc) is 2.13. The van der Waals surface area contributed by atoms with Crippen molar-refractivity contribution < 1.29 is 14.6 Å². The van der Waals surface area contributed by atoms with Crippen LogP contribution in [0.2, 0.25) is 0 Å². The molecule has 0 aromatic heterocycles. The SMILES string of the molecule is C=CCC(NC(=O)OC(C)(C)C)C(O)C#N. The first-order valence-corrected chi connectivity index (χ1v) is 4.98. The molecule has 0 fully saturated rings. The standard InChI is InChI=1S/C11H18N2O3/c1-5-6-8(9(14)7-12)13-10(15)16-11(2,3)4/h5,8-9,14H,1,6H2,2-4H3,(H,13,15). The molecule has 0 radical (unpaired) electrons. The first-order valence-electron chi connectivity index (χ1n) is 4.98. The fraction of sp³-hybridized carbons (Fsp3) is 0.636. The molecule has 0 aromatic rings. The van der Waals surface area contributed by atoms with Gasteiger partial charge < -0.3 is 15.2 Å². The maximum absolute atomic E-state index is 11.4. The minimum absolute atomic E-state index is 0.300. The molecule has 0 bridgehead atoms. The maximum atomic E-state index is 11.4. The van der Waals surface area contributed by atoms with Crippen LogP contribution in [0, 0.1) is 11.3 Å². The van der Waals surface area contributed by atoms with Crippen LogP contribution in [0.25, 0.3) is 0 Å². The van der Waals surface area contributed by atoms with E-state index in [0.29, 0.717) is 6.42 Å². The zero-order valence-corrected chi connectivity index (χ0v) is 9.86. The summed E-state index contributed by atoms with van der Waals surface area (Å²) in [7, 11) is 0. The first kappa shape index (κ1) is 14.5. The number of nitrogens with one attached hydrogen (secondary N) is 1. The summed E-state index contributed by atoms with van der Waals surface area (Å²) in [5.74, 6) is 0. The van der Waals surface area contributed by atoms with Crippen LogP contribution in [-0.4, -0.2) is 28.9 Å². The minimum atomic E-state index is -1.27. The Labute approximate surface area is 95.7 Å². The Morgan fingerprint density at radius 1 is 1.69 bits per heavy atom. The van der Waals surface area contributed by atoms with Crippen molar-refractivity contribution in [1.29, 1.82) is 5.26 Å². The van der Waals surface area contributed by atoms with Crippen molar-refractivity contribution in [2.75, 3.05) is 0 Å². The number of aliphatic hydroxyl groups excluding tert-OH is 1. The van der Waals surface area contributed by atoms with Crippen molar-refractivity contribution >= 4 is 6.09 Å². The van der Waals surface area contributed by atoms with Gasteiger partial charge in [-0.25, -0.2) is 4.79 Å². The normalized spacial score (nSPS) is 14.4. The third kappa shape index (κ3) is 6.04. The van der Waals surface area contributed by atoms with Gasteiger partial charge >= 0.3 is 6.09 Å². The Morgan fingerprint density at radius 3 is 2.62 bits per heavy atom. The molecule has 0 aliphatic carbocycles.